The second kappa shape index (κ2) is 18.6. The summed E-state index contributed by atoms with van der Waals surface area (Å²) in [6.45, 7) is 14.3. The first-order chi connectivity index (χ1) is 15.3. The van der Waals surface area contributed by atoms with Gasteiger partial charge in [0.15, 0.2) is 0 Å². The van der Waals surface area contributed by atoms with Crippen LogP contribution < -0.4 is 10.6 Å². The van der Waals surface area contributed by atoms with E-state index in [2.05, 4.69) is 27.6 Å². The number of nitrogens with one attached hydrogen (secondary N) is 2. The molecular weight excluding hydrogens is 404 g/mol. The second-order valence-electron chi connectivity index (χ2n) is 8.84. The second-order valence-corrected chi connectivity index (χ2v) is 8.84. The highest BCUT2D eigenvalue weighted by Gasteiger charge is 2.24. The maximum atomic E-state index is 11.5. The minimum Gasteiger partial charge on any atom is -0.444 e. The van der Waals surface area contributed by atoms with Crippen molar-refractivity contribution in [2.24, 2.45) is 5.92 Å². The molecule has 0 radical (unpaired) electrons. The minimum atomic E-state index is -0.446. The molecule has 7 heteroatoms. The van der Waals surface area contributed by atoms with Gasteiger partial charge in [-0.05, 0) is 71.6 Å². The number of pyridine rings is 1. The molecule has 0 aromatic carbocycles. The standard InChI is InChI=1S/C13H23NO3.C5H12N2.C5H5N.C2H6/c1-13(2,3)17-12(16)14-11-6-4-10(5-7-11)8-9-15;1-7-4-2-6-3-5-7;1-2-4-6-5-3-1;1-2/h9-11H,4-8H2,1-3H3,(H,14,16);6H,2-5H2,1H3;1-5H;1-2H3. The third-order valence-electron chi connectivity index (χ3n) is 4.90. The quantitative estimate of drug-likeness (QED) is 0.669. The summed E-state index contributed by atoms with van der Waals surface area (Å²) in [5.74, 6) is 0.504. The largest absolute Gasteiger partial charge is 0.444 e. The van der Waals surface area contributed by atoms with Gasteiger partial charge >= 0.3 is 6.09 Å². The van der Waals surface area contributed by atoms with Crippen molar-refractivity contribution in [3.63, 3.8) is 0 Å². The first-order valence-electron chi connectivity index (χ1n) is 12.0. The minimum absolute atomic E-state index is 0.202. The third-order valence-corrected chi connectivity index (χ3v) is 4.90. The fraction of sp³-hybridized carbons (Fsp3) is 0.720. The number of ether oxygens (including phenoxy) is 1. The molecule has 3 rings (SSSR count). The Labute approximate surface area is 195 Å². The van der Waals surface area contributed by atoms with Crippen molar-refractivity contribution in [1.82, 2.24) is 20.5 Å². The average molecular weight is 451 g/mol. The van der Waals surface area contributed by atoms with Crippen molar-refractivity contribution in [3.8, 4) is 0 Å². The number of carbonyl (C=O) groups excluding carboxylic acids is 2. The molecule has 2 aliphatic rings. The first-order valence-corrected chi connectivity index (χ1v) is 12.0. The summed E-state index contributed by atoms with van der Waals surface area (Å²) in [5, 5.41) is 6.16. The Balaban J connectivity index is 0.000000520. The summed E-state index contributed by atoms with van der Waals surface area (Å²) in [4.78, 5) is 28.1. The van der Waals surface area contributed by atoms with Crippen molar-refractivity contribution in [2.45, 2.75) is 78.4 Å². The number of hydrogen-bond donors (Lipinski definition) is 2. The third kappa shape index (κ3) is 17.7. The predicted molar refractivity (Wildman–Crippen MR) is 132 cm³/mol. The predicted octanol–water partition coefficient (Wildman–Crippen LogP) is 4.29. The van der Waals surface area contributed by atoms with Crippen LogP contribution in [-0.4, -0.2) is 67.1 Å². The van der Waals surface area contributed by atoms with Crippen LogP contribution in [-0.2, 0) is 9.53 Å². The maximum Gasteiger partial charge on any atom is 0.407 e. The van der Waals surface area contributed by atoms with Crippen molar-refractivity contribution in [3.05, 3.63) is 30.6 Å². The number of amides is 1. The Bertz CT molecular complexity index is 538. The molecule has 184 valence electrons. The van der Waals surface area contributed by atoms with Crippen molar-refractivity contribution < 1.29 is 14.3 Å². The average Bonchev–Trinajstić information content (AvgIpc) is 2.78. The number of nitrogens with zero attached hydrogens (tertiary/aromatic N) is 2. The number of hydrogen-bond acceptors (Lipinski definition) is 6. The smallest absolute Gasteiger partial charge is 0.407 e. The summed E-state index contributed by atoms with van der Waals surface area (Å²) in [7, 11) is 2.15. The molecule has 1 saturated heterocycles. The number of aromatic nitrogens is 1. The van der Waals surface area contributed by atoms with Gasteiger partial charge in [0.1, 0.15) is 11.9 Å². The maximum absolute atomic E-state index is 11.5. The molecule has 0 spiro atoms. The Morgan fingerprint density at radius 3 is 2.00 bits per heavy atom. The molecule has 2 fully saturated rings. The molecule has 1 saturated carbocycles. The van der Waals surface area contributed by atoms with Gasteiger partial charge in [-0.15, -0.1) is 0 Å². The highest BCUT2D eigenvalue weighted by molar-refractivity contribution is 5.68. The van der Waals surface area contributed by atoms with E-state index in [4.69, 9.17) is 4.74 Å². The van der Waals surface area contributed by atoms with Crippen molar-refractivity contribution in [1.29, 1.82) is 0 Å². The SMILES string of the molecule is CC.CC(C)(C)OC(=O)NC1CCC(CC=O)CC1.CN1CCNCC1.c1ccncc1. The van der Waals surface area contributed by atoms with E-state index < -0.39 is 5.60 Å². The lowest BCUT2D eigenvalue weighted by atomic mass is 9.84. The zero-order chi connectivity index (χ0) is 24.2. The molecule has 1 aliphatic heterocycles. The molecule has 0 bridgehead atoms. The lowest BCUT2D eigenvalue weighted by molar-refractivity contribution is -0.108. The summed E-state index contributed by atoms with van der Waals surface area (Å²) in [6, 6.07) is 5.92. The molecule has 0 unspecified atom stereocenters. The Kier molecular flexibility index (Phi) is 17.4. The monoisotopic (exact) mass is 450 g/mol. The van der Waals surface area contributed by atoms with E-state index in [-0.39, 0.29) is 12.1 Å². The molecule has 1 aromatic heterocycles. The van der Waals surface area contributed by atoms with Crippen LogP contribution in [0.25, 0.3) is 0 Å². The number of aldehydes is 1. The van der Waals surface area contributed by atoms with Gasteiger partial charge in [-0.2, -0.15) is 0 Å². The number of rotatable bonds is 3. The molecule has 2 N–H and O–H groups in total. The fourth-order valence-electron chi connectivity index (χ4n) is 3.24. The van der Waals surface area contributed by atoms with Gasteiger partial charge in [-0.25, -0.2) is 4.79 Å². The molecule has 2 heterocycles. The Morgan fingerprint density at radius 2 is 1.66 bits per heavy atom. The zero-order valence-corrected chi connectivity index (χ0v) is 21.1. The van der Waals surface area contributed by atoms with Gasteiger partial charge in [0, 0.05) is 51.0 Å². The molecule has 1 aromatic rings. The van der Waals surface area contributed by atoms with E-state index in [9.17, 15) is 9.59 Å². The van der Waals surface area contributed by atoms with Gasteiger partial charge in [-0.1, -0.05) is 19.9 Å². The molecule has 1 aliphatic carbocycles. The lowest BCUT2D eigenvalue weighted by Crippen LogP contribution is -2.40. The molecular formula is C25H46N4O3. The first kappa shape index (κ1) is 30.0. The van der Waals surface area contributed by atoms with Crippen LogP contribution >= 0.6 is 0 Å². The van der Waals surface area contributed by atoms with Gasteiger partial charge in [0.25, 0.3) is 0 Å². The van der Waals surface area contributed by atoms with Crippen LogP contribution in [0, 0.1) is 5.92 Å². The molecule has 7 nitrogen and oxygen atoms in total. The number of piperazine rings is 1. The lowest BCUT2D eigenvalue weighted by Gasteiger charge is -2.29. The van der Waals surface area contributed by atoms with Gasteiger partial charge in [-0.3, -0.25) is 4.98 Å². The van der Waals surface area contributed by atoms with Crippen LogP contribution in [0.2, 0.25) is 0 Å². The van der Waals surface area contributed by atoms with Gasteiger partial charge in [0.05, 0.1) is 0 Å². The molecule has 32 heavy (non-hydrogen) atoms. The number of alkyl carbamates (subject to hydrolysis) is 1. The molecule has 1 amide bonds. The zero-order valence-electron chi connectivity index (χ0n) is 21.1. The topological polar surface area (TPSA) is 83.6 Å². The van der Waals surface area contributed by atoms with E-state index in [1.807, 2.05) is 52.8 Å². The highest BCUT2D eigenvalue weighted by atomic mass is 16.6. The van der Waals surface area contributed by atoms with Crippen LogP contribution in [0.5, 0.6) is 0 Å². The summed E-state index contributed by atoms with van der Waals surface area (Å²) < 4.78 is 5.21. The van der Waals surface area contributed by atoms with E-state index >= 15 is 0 Å². The Hall–Kier alpha value is -1.99. The number of carbonyl (C=O) groups is 2. The summed E-state index contributed by atoms with van der Waals surface area (Å²) in [5.41, 5.74) is -0.446. The van der Waals surface area contributed by atoms with Crippen molar-refractivity contribution in [2.75, 3.05) is 33.2 Å². The summed E-state index contributed by atoms with van der Waals surface area (Å²) in [6.07, 6.45) is 8.72. The summed E-state index contributed by atoms with van der Waals surface area (Å²) >= 11 is 0. The van der Waals surface area contributed by atoms with Gasteiger partial charge in [0.2, 0.25) is 0 Å². The highest BCUT2D eigenvalue weighted by Crippen LogP contribution is 2.26. The van der Waals surface area contributed by atoms with E-state index in [1.165, 1.54) is 13.1 Å². The van der Waals surface area contributed by atoms with E-state index in [0.29, 0.717) is 12.3 Å². The fourth-order valence-corrected chi connectivity index (χ4v) is 3.24. The van der Waals surface area contributed by atoms with E-state index in [1.54, 1.807) is 12.4 Å². The molecule has 0 atom stereocenters. The van der Waals surface area contributed by atoms with Crippen molar-refractivity contribution >= 4 is 12.4 Å². The van der Waals surface area contributed by atoms with Crippen LogP contribution in [0.3, 0.4) is 0 Å². The van der Waals surface area contributed by atoms with Crippen LogP contribution in [0.4, 0.5) is 4.79 Å². The Morgan fingerprint density at radius 1 is 1.09 bits per heavy atom. The van der Waals surface area contributed by atoms with Gasteiger partial charge < -0.3 is 25.1 Å². The number of likely N-dealkylation sites (N-methyl/N-ethyl adjacent to an activating group) is 1. The van der Waals surface area contributed by atoms with E-state index in [0.717, 1.165) is 45.1 Å². The normalized spacial score (nSPS) is 20.6. The van der Waals surface area contributed by atoms with Crippen LogP contribution in [0.15, 0.2) is 30.6 Å². The van der Waals surface area contributed by atoms with Crippen LogP contribution in [0.1, 0.15) is 66.7 Å².